The maximum Gasteiger partial charge on any atom is 0.225 e. The second-order valence-electron chi connectivity index (χ2n) is 8.80. The van der Waals surface area contributed by atoms with Crippen molar-refractivity contribution in [1.29, 1.82) is 0 Å². The van der Waals surface area contributed by atoms with Gasteiger partial charge in [0.2, 0.25) is 11.8 Å². The van der Waals surface area contributed by atoms with Crippen molar-refractivity contribution in [3.63, 3.8) is 0 Å². The molecule has 0 saturated carbocycles. The van der Waals surface area contributed by atoms with Gasteiger partial charge in [-0.05, 0) is 42.7 Å². The zero-order chi connectivity index (χ0) is 23.0. The van der Waals surface area contributed by atoms with E-state index in [0.717, 1.165) is 56.3 Å². The molecule has 2 amide bonds. The van der Waals surface area contributed by atoms with Crippen LogP contribution in [0.15, 0.2) is 54.6 Å². The average Bonchev–Trinajstić information content (AvgIpc) is 2.85. The molecule has 176 valence electrons. The van der Waals surface area contributed by atoms with Gasteiger partial charge in [-0.25, -0.2) is 0 Å². The maximum absolute atomic E-state index is 13.0. The summed E-state index contributed by atoms with van der Waals surface area (Å²) in [5, 5.41) is 0.759. The van der Waals surface area contributed by atoms with E-state index < -0.39 is 0 Å². The van der Waals surface area contributed by atoms with Gasteiger partial charge in [-0.3, -0.25) is 14.5 Å². The number of carbonyl (C=O) groups excluding carboxylic acids is 2. The van der Waals surface area contributed by atoms with Crippen LogP contribution in [-0.2, 0) is 16.1 Å². The van der Waals surface area contributed by atoms with E-state index >= 15 is 0 Å². The Kier molecular flexibility index (Phi) is 8.24. The summed E-state index contributed by atoms with van der Waals surface area (Å²) in [5.74, 6) is 1.15. The van der Waals surface area contributed by atoms with Crippen LogP contribution < -0.4 is 4.74 Å². The highest BCUT2D eigenvalue weighted by Crippen LogP contribution is 2.22. The van der Waals surface area contributed by atoms with Gasteiger partial charge in [0.15, 0.2) is 0 Å². The van der Waals surface area contributed by atoms with Crippen molar-refractivity contribution in [3.8, 4) is 5.75 Å². The molecule has 0 aliphatic carbocycles. The number of hydrogen-bond acceptors (Lipinski definition) is 4. The van der Waals surface area contributed by atoms with Crippen LogP contribution in [-0.4, -0.2) is 72.4 Å². The molecule has 0 unspecified atom stereocenters. The Morgan fingerprint density at radius 2 is 1.61 bits per heavy atom. The Morgan fingerprint density at radius 1 is 0.879 bits per heavy atom. The van der Waals surface area contributed by atoms with Crippen molar-refractivity contribution in [2.24, 2.45) is 5.92 Å². The fraction of sp³-hybridized carbons (Fsp3) is 0.462. The molecule has 2 heterocycles. The number of amides is 2. The molecular formula is C26H32ClN3O3. The number of likely N-dealkylation sites (tertiary alicyclic amines) is 1. The lowest BCUT2D eigenvalue weighted by Gasteiger charge is -2.38. The summed E-state index contributed by atoms with van der Waals surface area (Å²) in [6.07, 6.45) is 1.85. The molecule has 33 heavy (non-hydrogen) atoms. The van der Waals surface area contributed by atoms with Gasteiger partial charge in [0.05, 0.1) is 13.0 Å². The molecule has 2 aromatic carbocycles. The Hall–Kier alpha value is -2.57. The van der Waals surface area contributed by atoms with Gasteiger partial charge in [-0.1, -0.05) is 41.9 Å². The smallest absolute Gasteiger partial charge is 0.225 e. The summed E-state index contributed by atoms with van der Waals surface area (Å²) in [4.78, 5) is 31.8. The first kappa shape index (κ1) is 23.6. The van der Waals surface area contributed by atoms with Gasteiger partial charge >= 0.3 is 0 Å². The van der Waals surface area contributed by atoms with E-state index in [1.54, 1.807) is 0 Å². The molecule has 4 rings (SSSR count). The lowest BCUT2D eigenvalue weighted by molar-refractivity contribution is -0.142. The summed E-state index contributed by atoms with van der Waals surface area (Å²) in [6.45, 7) is 5.79. The fourth-order valence-corrected chi connectivity index (χ4v) is 4.80. The first-order valence-corrected chi connectivity index (χ1v) is 12.2. The number of hydrogen-bond donors (Lipinski definition) is 0. The predicted molar refractivity (Wildman–Crippen MR) is 129 cm³/mol. The topological polar surface area (TPSA) is 53.1 Å². The normalized spacial score (nSPS) is 17.7. The van der Waals surface area contributed by atoms with Crippen LogP contribution in [0.25, 0.3) is 0 Å². The SMILES string of the molecule is O=C(CCOc1ccccc1)N1CCC(C(=O)N2CCN(Cc3cccc(Cl)c3)CC2)CC1. The highest BCUT2D eigenvalue weighted by atomic mass is 35.5. The zero-order valence-corrected chi connectivity index (χ0v) is 19.8. The number of rotatable bonds is 7. The Balaban J connectivity index is 1.15. The van der Waals surface area contributed by atoms with Crippen molar-refractivity contribution in [1.82, 2.24) is 14.7 Å². The van der Waals surface area contributed by atoms with Crippen molar-refractivity contribution in [2.75, 3.05) is 45.9 Å². The van der Waals surface area contributed by atoms with E-state index in [0.29, 0.717) is 26.1 Å². The molecule has 0 N–H and O–H groups in total. The van der Waals surface area contributed by atoms with E-state index in [2.05, 4.69) is 11.0 Å². The third-order valence-corrected chi connectivity index (χ3v) is 6.74. The molecule has 2 aliphatic rings. The summed E-state index contributed by atoms with van der Waals surface area (Å²) in [5.41, 5.74) is 1.20. The molecule has 0 radical (unpaired) electrons. The number of piperidine rings is 1. The summed E-state index contributed by atoms with van der Waals surface area (Å²) in [7, 11) is 0. The molecule has 0 atom stereocenters. The highest BCUT2D eigenvalue weighted by Gasteiger charge is 2.31. The van der Waals surface area contributed by atoms with Gasteiger partial charge in [0.25, 0.3) is 0 Å². The molecule has 7 heteroatoms. The largest absolute Gasteiger partial charge is 0.493 e. The molecule has 2 fully saturated rings. The van der Waals surface area contributed by atoms with Crippen LogP contribution in [0.3, 0.4) is 0 Å². The number of ether oxygens (including phenoxy) is 1. The monoisotopic (exact) mass is 469 g/mol. The summed E-state index contributed by atoms with van der Waals surface area (Å²) < 4.78 is 5.64. The molecular weight excluding hydrogens is 438 g/mol. The maximum atomic E-state index is 13.0. The number of halogens is 1. The van der Waals surface area contributed by atoms with Crippen LogP contribution >= 0.6 is 11.6 Å². The van der Waals surface area contributed by atoms with Crippen LogP contribution in [0.5, 0.6) is 5.75 Å². The molecule has 6 nitrogen and oxygen atoms in total. The van der Waals surface area contributed by atoms with Crippen LogP contribution in [0.2, 0.25) is 5.02 Å². The Labute approximate surface area is 201 Å². The minimum atomic E-state index is 0.0223. The first-order valence-electron chi connectivity index (χ1n) is 11.8. The minimum absolute atomic E-state index is 0.0223. The van der Waals surface area contributed by atoms with Crippen molar-refractivity contribution < 1.29 is 14.3 Å². The summed E-state index contributed by atoms with van der Waals surface area (Å²) >= 11 is 6.09. The van der Waals surface area contributed by atoms with Gasteiger partial charge in [0.1, 0.15) is 5.75 Å². The van der Waals surface area contributed by atoms with E-state index in [9.17, 15) is 9.59 Å². The average molecular weight is 470 g/mol. The Morgan fingerprint density at radius 3 is 2.30 bits per heavy atom. The lowest BCUT2D eigenvalue weighted by Crippen LogP contribution is -2.51. The summed E-state index contributed by atoms with van der Waals surface area (Å²) in [6, 6.07) is 17.5. The lowest BCUT2D eigenvalue weighted by atomic mass is 9.94. The molecule has 2 aromatic rings. The second kappa shape index (κ2) is 11.5. The van der Waals surface area contributed by atoms with Crippen LogP contribution in [0, 0.1) is 5.92 Å². The van der Waals surface area contributed by atoms with Crippen molar-refractivity contribution in [3.05, 3.63) is 65.2 Å². The number of para-hydroxylation sites is 1. The standard InChI is InChI=1S/C26H32ClN3O3/c27-23-6-4-5-21(19-23)20-28-14-16-30(17-15-28)26(32)22-9-12-29(13-10-22)25(31)11-18-33-24-7-2-1-3-8-24/h1-8,19,22H,9-18,20H2. The van der Waals surface area contributed by atoms with Gasteiger partial charge < -0.3 is 14.5 Å². The van der Waals surface area contributed by atoms with Gasteiger partial charge in [-0.15, -0.1) is 0 Å². The van der Waals surface area contributed by atoms with Crippen molar-refractivity contribution in [2.45, 2.75) is 25.8 Å². The Bertz CT molecular complexity index is 923. The molecule has 2 saturated heterocycles. The highest BCUT2D eigenvalue weighted by molar-refractivity contribution is 6.30. The van der Waals surface area contributed by atoms with E-state index in [1.165, 1.54) is 5.56 Å². The predicted octanol–water partition coefficient (Wildman–Crippen LogP) is 3.69. The molecule has 0 spiro atoms. The van der Waals surface area contributed by atoms with Crippen molar-refractivity contribution >= 4 is 23.4 Å². The van der Waals surface area contributed by atoms with E-state index in [1.807, 2.05) is 58.3 Å². The quantitative estimate of drug-likeness (QED) is 0.620. The number of carbonyl (C=O) groups is 2. The number of nitrogens with zero attached hydrogens (tertiary/aromatic N) is 3. The van der Waals surface area contributed by atoms with E-state index in [-0.39, 0.29) is 17.7 Å². The third kappa shape index (κ3) is 6.71. The van der Waals surface area contributed by atoms with Gasteiger partial charge in [-0.2, -0.15) is 0 Å². The van der Waals surface area contributed by atoms with Crippen LogP contribution in [0.1, 0.15) is 24.8 Å². The number of benzene rings is 2. The number of piperazine rings is 1. The zero-order valence-electron chi connectivity index (χ0n) is 19.0. The van der Waals surface area contributed by atoms with E-state index in [4.69, 9.17) is 16.3 Å². The first-order chi connectivity index (χ1) is 16.1. The molecule has 0 aromatic heterocycles. The second-order valence-corrected chi connectivity index (χ2v) is 9.23. The minimum Gasteiger partial charge on any atom is -0.493 e. The van der Waals surface area contributed by atoms with Crippen LogP contribution in [0.4, 0.5) is 0 Å². The molecule has 0 bridgehead atoms. The fourth-order valence-electron chi connectivity index (χ4n) is 4.58. The molecule has 2 aliphatic heterocycles. The third-order valence-electron chi connectivity index (χ3n) is 6.50. The van der Waals surface area contributed by atoms with Gasteiger partial charge in [0, 0.05) is 56.8 Å².